The standard InChI is InChI=1S/C14H15ClN2/c1-10-5-6-12(15)8-14(10)17-13-4-2-3-11(7-13)9-16/h2-8,17H,9,16H2,1H3. The highest BCUT2D eigenvalue weighted by molar-refractivity contribution is 6.30. The van der Waals surface area contributed by atoms with Gasteiger partial charge in [-0.05, 0) is 42.3 Å². The summed E-state index contributed by atoms with van der Waals surface area (Å²) >= 11 is 5.98. The Morgan fingerprint density at radius 1 is 1.18 bits per heavy atom. The molecule has 2 nitrogen and oxygen atoms in total. The highest BCUT2D eigenvalue weighted by Crippen LogP contribution is 2.24. The van der Waals surface area contributed by atoms with Gasteiger partial charge in [-0.3, -0.25) is 0 Å². The van der Waals surface area contributed by atoms with Crippen LogP contribution in [0.5, 0.6) is 0 Å². The second kappa shape index (κ2) is 5.21. The molecule has 0 radical (unpaired) electrons. The summed E-state index contributed by atoms with van der Waals surface area (Å²) in [6.45, 7) is 2.59. The van der Waals surface area contributed by atoms with Gasteiger partial charge in [0.05, 0.1) is 0 Å². The van der Waals surface area contributed by atoms with Crippen LogP contribution in [0.1, 0.15) is 11.1 Å². The molecule has 0 spiro atoms. The average molecular weight is 247 g/mol. The maximum absolute atomic E-state index is 5.98. The lowest BCUT2D eigenvalue weighted by Gasteiger charge is -2.10. The van der Waals surface area contributed by atoms with Gasteiger partial charge in [-0.1, -0.05) is 29.8 Å². The molecular weight excluding hydrogens is 232 g/mol. The zero-order valence-electron chi connectivity index (χ0n) is 9.70. The molecule has 3 N–H and O–H groups in total. The molecule has 0 unspecified atom stereocenters. The minimum Gasteiger partial charge on any atom is -0.355 e. The molecule has 0 aromatic heterocycles. The molecule has 0 bridgehead atoms. The zero-order chi connectivity index (χ0) is 12.3. The highest BCUT2D eigenvalue weighted by Gasteiger charge is 2.00. The lowest BCUT2D eigenvalue weighted by atomic mass is 10.1. The molecular formula is C14H15ClN2. The van der Waals surface area contributed by atoms with Crippen molar-refractivity contribution in [1.82, 2.24) is 0 Å². The van der Waals surface area contributed by atoms with Gasteiger partial charge in [0, 0.05) is 22.9 Å². The fraction of sp³-hybridized carbons (Fsp3) is 0.143. The Kier molecular flexibility index (Phi) is 3.67. The van der Waals surface area contributed by atoms with E-state index in [1.807, 2.05) is 49.4 Å². The van der Waals surface area contributed by atoms with Crippen LogP contribution in [0.2, 0.25) is 5.02 Å². The first kappa shape index (κ1) is 12.0. The lowest BCUT2D eigenvalue weighted by Crippen LogP contribution is -1.98. The Labute approximate surface area is 106 Å². The molecule has 17 heavy (non-hydrogen) atoms. The van der Waals surface area contributed by atoms with Crippen molar-refractivity contribution in [3.05, 3.63) is 58.6 Å². The van der Waals surface area contributed by atoms with E-state index >= 15 is 0 Å². The number of anilines is 2. The second-order valence-electron chi connectivity index (χ2n) is 3.99. The molecule has 0 aliphatic carbocycles. The van der Waals surface area contributed by atoms with E-state index < -0.39 is 0 Å². The van der Waals surface area contributed by atoms with E-state index in [2.05, 4.69) is 5.32 Å². The Morgan fingerprint density at radius 3 is 2.76 bits per heavy atom. The van der Waals surface area contributed by atoms with Crippen LogP contribution in [0, 0.1) is 6.92 Å². The molecule has 0 atom stereocenters. The van der Waals surface area contributed by atoms with Crippen LogP contribution in [0.25, 0.3) is 0 Å². The maximum atomic E-state index is 5.98. The van der Waals surface area contributed by atoms with Crippen LogP contribution in [0.15, 0.2) is 42.5 Å². The quantitative estimate of drug-likeness (QED) is 0.863. The summed E-state index contributed by atoms with van der Waals surface area (Å²) < 4.78 is 0. The fourth-order valence-corrected chi connectivity index (χ4v) is 1.83. The Morgan fingerprint density at radius 2 is 2.00 bits per heavy atom. The van der Waals surface area contributed by atoms with Crippen LogP contribution < -0.4 is 11.1 Å². The first-order valence-electron chi connectivity index (χ1n) is 5.51. The van der Waals surface area contributed by atoms with E-state index in [4.69, 9.17) is 17.3 Å². The van der Waals surface area contributed by atoms with Crippen molar-refractivity contribution in [1.29, 1.82) is 0 Å². The normalized spacial score (nSPS) is 10.3. The number of nitrogens with two attached hydrogens (primary N) is 1. The van der Waals surface area contributed by atoms with Crippen LogP contribution >= 0.6 is 11.6 Å². The number of rotatable bonds is 3. The van der Waals surface area contributed by atoms with Crippen molar-refractivity contribution in [2.75, 3.05) is 5.32 Å². The predicted molar refractivity (Wildman–Crippen MR) is 73.8 cm³/mol. The van der Waals surface area contributed by atoms with Gasteiger partial charge in [0.1, 0.15) is 0 Å². The van der Waals surface area contributed by atoms with Crippen molar-refractivity contribution in [2.24, 2.45) is 5.73 Å². The molecule has 0 amide bonds. The minimum absolute atomic E-state index is 0.546. The first-order valence-corrected chi connectivity index (χ1v) is 5.89. The number of nitrogens with one attached hydrogen (secondary N) is 1. The number of hydrogen-bond acceptors (Lipinski definition) is 2. The number of benzene rings is 2. The number of halogens is 1. The van der Waals surface area contributed by atoms with Gasteiger partial charge >= 0.3 is 0 Å². The van der Waals surface area contributed by atoms with Crippen molar-refractivity contribution >= 4 is 23.0 Å². The third-order valence-electron chi connectivity index (χ3n) is 2.64. The molecule has 0 aliphatic heterocycles. The zero-order valence-corrected chi connectivity index (χ0v) is 10.5. The molecule has 0 aliphatic rings. The Bertz CT molecular complexity index is 523. The molecule has 2 aromatic carbocycles. The van der Waals surface area contributed by atoms with E-state index in [9.17, 15) is 0 Å². The van der Waals surface area contributed by atoms with E-state index in [1.54, 1.807) is 0 Å². The topological polar surface area (TPSA) is 38.0 Å². The SMILES string of the molecule is Cc1ccc(Cl)cc1Nc1cccc(CN)c1. The van der Waals surface area contributed by atoms with Gasteiger partial charge < -0.3 is 11.1 Å². The second-order valence-corrected chi connectivity index (χ2v) is 4.43. The fourth-order valence-electron chi connectivity index (χ4n) is 1.66. The summed E-state index contributed by atoms with van der Waals surface area (Å²) in [4.78, 5) is 0. The summed E-state index contributed by atoms with van der Waals surface area (Å²) in [6, 6.07) is 13.9. The van der Waals surface area contributed by atoms with Crippen LogP contribution in [0.4, 0.5) is 11.4 Å². The van der Waals surface area contributed by atoms with Crippen LogP contribution in [-0.2, 0) is 6.54 Å². The molecule has 2 aromatic rings. The summed E-state index contributed by atoms with van der Waals surface area (Å²) in [7, 11) is 0. The van der Waals surface area contributed by atoms with E-state index in [0.717, 1.165) is 27.5 Å². The van der Waals surface area contributed by atoms with Crippen molar-refractivity contribution in [3.8, 4) is 0 Å². The maximum Gasteiger partial charge on any atom is 0.0428 e. The minimum atomic E-state index is 0.546. The van der Waals surface area contributed by atoms with Gasteiger partial charge in [0.15, 0.2) is 0 Å². The Hall–Kier alpha value is -1.51. The number of aryl methyl sites for hydroxylation is 1. The molecule has 88 valence electrons. The third-order valence-corrected chi connectivity index (χ3v) is 2.88. The highest BCUT2D eigenvalue weighted by atomic mass is 35.5. The third kappa shape index (κ3) is 2.99. The van der Waals surface area contributed by atoms with Crippen LogP contribution in [-0.4, -0.2) is 0 Å². The van der Waals surface area contributed by atoms with Crippen molar-refractivity contribution in [3.63, 3.8) is 0 Å². The van der Waals surface area contributed by atoms with Gasteiger partial charge in [-0.25, -0.2) is 0 Å². The van der Waals surface area contributed by atoms with Crippen LogP contribution in [0.3, 0.4) is 0 Å². The predicted octanol–water partition coefficient (Wildman–Crippen LogP) is 3.85. The van der Waals surface area contributed by atoms with E-state index in [1.165, 1.54) is 0 Å². The smallest absolute Gasteiger partial charge is 0.0428 e. The lowest BCUT2D eigenvalue weighted by molar-refractivity contribution is 1.07. The van der Waals surface area contributed by atoms with Gasteiger partial charge in [-0.15, -0.1) is 0 Å². The average Bonchev–Trinajstić information content (AvgIpc) is 2.34. The summed E-state index contributed by atoms with van der Waals surface area (Å²) in [6.07, 6.45) is 0. The molecule has 0 saturated heterocycles. The monoisotopic (exact) mass is 246 g/mol. The summed E-state index contributed by atoms with van der Waals surface area (Å²) in [5, 5.41) is 4.08. The number of hydrogen-bond donors (Lipinski definition) is 2. The van der Waals surface area contributed by atoms with Crippen molar-refractivity contribution in [2.45, 2.75) is 13.5 Å². The van der Waals surface area contributed by atoms with Gasteiger partial charge in [0.25, 0.3) is 0 Å². The first-order chi connectivity index (χ1) is 8.19. The van der Waals surface area contributed by atoms with Crippen molar-refractivity contribution < 1.29 is 0 Å². The summed E-state index contributed by atoms with van der Waals surface area (Å²) in [5.41, 5.74) is 9.93. The molecule has 0 heterocycles. The van der Waals surface area contributed by atoms with Gasteiger partial charge in [-0.2, -0.15) is 0 Å². The molecule has 0 saturated carbocycles. The van der Waals surface area contributed by atoms with E-state index in [0.29, 0.717) is 6.54 Å². The molecule has 3 heteroatoms. The largest absolute Gasteiger partial charge is 0.355 e. The molecule has 2 rings (SSSR count). The van der Waals surface area contributed by atoms with E-state index in [-0.39, 0.29) is 0 Å². The Balaban J connectivity index is 2.27. The van der Waals surface area contributed by atoms with Gasteiger partial charge in [0.2, 0.25) is 0 Å². The summed E-state index contributed by atoms with van der Waals surface area (Å²) in [5.74, 6) is 0. The molecule has 0 fully saturated rings.